The highest BCUT2D eigenvalue weighted by Crippen LogP contribution is 2.18. The molecule has 0 aliphatic heterocycles. The molecule has 0 heterocycles. The molecule has 0 atom stereocenters. The van der Waals surface area contributed by atoms with E-state index in [4.69, 9.17) is 5.26 Å². The molecule has 0 N–H and O–H groups in total. The average Bonchev–Trinajstić information content (AvgIpc) is 2.01. The number of benzene rings is 1. The lowest BCUT2D eigenvalue weighted by molar-refractivity contribution is 0.569. The van der Waals surface area contributed by atoms with E-state index < -0.39 is 17.2 Å². The van der Waals surface area contributed by atoms with Crippen LogP contribution in [-0.2, 0) is 0 Å². The fourth-order valence-corrected chi connectivity index (χ4v) is 0.938. The van der Waals surface area contributed by atoms with Gasteiger partial charge in [-0.3, -0.25) is 0 Å². The van der Waals surface area contributed by atoms with Gasteiger partial charge in [0.1, 0.15) is 23.3 Å². The van der Waals surface area contributed by atoms with E-state index in [0.717, 1.165) is 6.07 Å². The van der Waals surface area contributed by atoms with Crippen molar-refractivity contribution in [3.8, 4) is 6.07 Å². The second kappa shape index (κ2) is 2.90. The van der Waals surface area contributed by atoms with Gasteiger partial charge in [0.2, 0.25) is 0 Å². The molecule has 0 unspecified atom stereocenters. The molecule has 0 spiro atoms. The zero-order valence-corrected chi connectivity index (χ0v) is 6.78. The standard InChI is InChI=1S/C9H7F2N/c1-5-3-8(10)7(4-12)9(11)6(5)2/h3H,1-2H3. The van der Waals surface area contributed by atoms with Crippen LogP contribution >= 0.6 is 0 Å². The summed E-state index contributed by atoms with van der Waals surface area (Å²) >= 11 is 0. The van der Waals surface area contributed by atoms with E-state index in [1.165, 1.54) is 13.0 Å². The normalized spacial score (nSPS) is 9.58. The summed E-state index contributed by atoms with van der Waals surface area (Å²) in [7, 11) is 0. The smallest absolute Gasteiger partial charge is 0.147 e. The lowest BCUT2D eigenvalue weighted by Gasteiger charge is -2.03. The molecule has 1 aromatic rings. The molecule has 1 rings (SSSR count). The summed E-state index contributed by atoms with van der Waals surface area (Å²) in [5.41, 5.74) is 0.343. The number of rotatable bonds is 0. The number of nitriles is 1. The van der Waals surface area contributed by atoms with Gasteiger partial charge in [-0.2, -0.15) is 5.26 Å². The third kappa shape index (κ3) is 1.16. The second-order valence-corrected chi connectivity index (χ2v) is 2.60. The molecule has 0 bridgehead atoms. The molecule has 3 heteroatoms. The molecule has 0 saturated carbocycles. The molecule has 0 aliphatic rings. The maximum atomic E-state index is 13.1. The van der Waals surface area contributed by atoms with Crippen molar-refractivity contribution in [2.45, 2.75) is 13.8 Å². The zero-order chi connectivity index (χ0) is 9.30. The van der Waals surface area contributed by atoms with Crippen LogP contribution in [0.5, 0.6) is 0 Å². The summed E-state index contributed by atoms with van der Waals surface area (Å²) in [4.78, 5) is 0. The van der Waals surface area contributed by atoms with Gasteiger partial charge in [-0.05, 0) is 31.0 Å². The molecule has 12 heavy (non-hydrogen) atoms. The van der Waals surface area contributed by atoms with Crippen LogP contribution in [0.3, 0.4) is 0 Å². The van der Waals surface area contributed by atoms with Crippen LogP contribution < -0.4 is 0 Å². The number of halogens is 2. The number of aryl methyl sites for hydroxylation is 1. The Balaban J connectivity index is 3.54. The maximum Gasteiger partial charge on any atom is 0.147 e. The van der Waals surface area contributed by atoms with Crippen LogP contribution in [0.4, 0.5) is 8.78 Å². The molecular formula is C9H7F2N. The molecular weight excluding hydrogens is 160 g/mol. The van der Waals surface area contributed by atoms with Crippen molar-refractivity contribution in [3.05, 3.63) is 34.4 Å². The third-order valence-corrected chi connectivity index (χ3v) is 1.83. The Morgan fingerprint density at radius 2 is 1.92 bits per heavy atom. The highest BCUT2D eigenvalue weighted by atomic mass is 19.1. The van der Waals surface area contributed by atoms with Gasteiger partial charge in [-0.1, -0.05) is 0 Å². The Labute approximate surface area is 69.2 Å². The molecule has 0 radical (unpaired) electrons. The van der Waals surface area contributed by atoms with E-state index in [1.807, 2.05) is 0 Å². The van der Waals surface area contributed by atoms with E-state index >= 15 is 0 Å². The van der Waals surface area contributed by atoms with E-state index in [-0.39, 0.29) is 0 Å². The van der Waals surface area contributed by atoms with Crippen molar-refractivity contribution in [1.29, 1.82) is 5.26 Å². The molecule has 0 aliphatic carbocycles. The first-order valence-corrected chi connectivity index (χ1v) is 3.43. The van der Waals surface area contributed by atoms with Crippen molar-refractivity contribution in [2.24, 2.45) is 0 Å². The van der Waals surface area contributed by atoms with Gasteiger partial charge in [-0.25, -0.2) is 8.78 Å². The highest BCUT2D eigenvalue weighted by molar-refractivity contribution is 5.39. The van der Waals surface area contributed by atoms with Crippen molar-refractivity contribution in [1.82, 2.24) is 0 Å². The summed E-state index contributed by atoms with van der Waals surface area (Å²) in [6.07, 6.45) is 0. The van der Waals surface area contributed by atoms with Crippen LogP contribution in [0.1, 0.15) is 16.7 Å². The van der Waals surface area contributed by atoms with E-state index in [9.17, 15) is 8.78 Å². The summed E-state index contributed by atoms with van der Waals surface area (Å²) in [6, 6.07) is 2.65. The Morgan fingerprint density at radius 3 is 2.42 bits per heavy atom. The predicted molar refractivity (Wildman–Crippen MR) is 40.5 cm³/mol. The van der Waals surface area contributed by atoms with Crippen LogP contribution in [0.2, 0.25) is 0 Å². The summed E-state index contributed by atoms with van der Waals surface area (Å²) in [5, 5.41) is 8.38. The van der Waals surface area contributed by atoms with Crippen molar-refractivity contribution in [3.63, 3.8) is 0 Å². The van der Waals surface area contributed by atoms with Crippen LogP contribution in [0.15, 0.2) is 6.07 Å². The van der Waals surface area contributed by atoms with E-state index in [1.54, 1.807) is 6.92 Å². The molecule has 0 aromatic heterocycles. The van der Waals surface area contributed by atoms with Gasteiger partial charge in [-0.15, -0.1) is 0 Å². The summed E-state index contributed by atoms with van der Waals surface area (Å²) in [6.45, 7) is 3.12. The fraction of sp³-hybridized carbons (Fsp3) is 0.222. The first kappa shape index (κ1) is 8.66. The van der Waals surface area contributed by atoms with E-state index in [2.05, 4.69) is 0 Å². The minimum Gasteiger partial charge on any atom is -0.205 e. The van der Waals surface area contributed by atoms with Crippen molar-refractivity contribution < 1.29 is 8.78 Å². The van der Waals surface area contributed by atoms with Gasteiger partial charge in [0.15, 0.2) is 0 Å². The maximum absolute atomic E-state index is 13.1. The molecule has 0 amide bonds. The molecule has 1 aromatic carbocycles. The van der Waals surface area contributed by atoms with Gasteiger partial charge in [0, 0.05) is 0 Å². The second-order valence-electron chi connectivity index (χ2n) is 2.60. The van der Waals surface area contributed by atoms with Crippen LogP contribution in [0.25, 0.3) is 0 Å². The topological polar surface area (TPSA) is 23.8 Å². The molecule has 0 fully saturated rings. The highest BCUT2D eigenvalue weighted by Gasteiger charge is 2.12. The fourth-order valence-electron chi connectivity index (χ4n) is 0.938. The summed E-state index contributed by atoms with van der Waals surface area (Å²) in [5.74, 6) is -1.55. The van der Waals surface area contributed by atoms with Gasteiger partial charge < -0.3 is 0 Å². The number of hydrogen-bond donors (Lipinski definition) is 0. The van der Waals surface area contributed by atoms with Crippen LogP contribution in [-0.4, -0.2) is 0 Å². The van der Waals surface area contributed by atoms with Crippen molar-refractivity contribution in [2.75, 3.05) is 0 Å². The Bertz CT molecular complexity index is 364. The van der Waals surface area contributed by atoms with Gasteiger partial charge in [0.05, 0.1) is 0 Å². The largest absolute Gasteiger partial charge is 0.205 e. The van der Waals surface area contributed by atoms with Crippen LogP contribution in [0, 0.1) is 36.8 Å². The monoisotopic (exact) mass is 167 g/mol. The Morgan fingerprint density at radius 1 is 1.33 bits per heavy atom. The Kier molecular flexibility index (Phi) is 2.09. The molecule has 1 nitrogen and oxygen atoms in total. The minimum atomic E-state index is -0.793. The minimum absolute atomic E-state index is 0.327. The third-order valence-electron chi connectivity index (χ3n) is 1.83. The lowest BCUT2D eigenvalue weighted by atomic mass is 10.1. The van der Waals surface area contributed by atoms with Gasteiger partial charge >= 0.3 is 0 Å². The number of nitrogens with zero attached hydrogens (tertiary/aromatic N) is 1. The van der Waals surface area contributed by atoms with E-state index in [0.29, 0.717) is 11.1 Å². The molecule has 62 valence electrons. The number of hydrogen-bond acceptors (Lipinski definition) is 1. The summed E-state index contributed by atoms with van der Waals surface area (Å²) < 4.78 is 25.9. The predicted octanol–water partition coefficient (Wildman–Crippen LogP) is 2.45. The first-order chi connectivity index (χ1) is 5.57. The van der Waals surface area contributed by atoms with Crippen molar-refractivity contribution >= 4 is 0 Å². The lowest BCUT2D eigenvalue weighted by Crippen LogP contribution is -1.96. The van der Waals surface area contributed by atoms with Gasteiger partial charge in [0.25, 0.3) is 0 Å². The zero-order valence-electron chi connectivity index (χ0n) is 6.78. The first-order valence-electron chi connectivity index (χ1n) is 3.43. The Hall–Kier alpha value is -1.43. The SMILES string of the molecule is Cc1cc(F)c(C#N)c(F)c1C. The molecule has 0 saturated heterocycles. The average molecular weight is 167 g/mol. The quantitative estimate of drug-likeness (QED) is 0.582.